The Morgan fingerprint density at radius 1 is 1.12 bits per heavy atom. The lowest BCUT2D eigenvalue weighted by Gasteiger charge is -2.32. The normalized spacial score (nSPS) is 24.0. The molecule has 3 atom stereocenters. The number of carbonyl (C=O) groups is 2. The van der Waals surface area contributed by atoms with E-state index in [1.165, 1.54) is 4.90 Å². The molecular weight excluding hydrogens is 326 g/mol. The molecule has 0 spiro atoms. The van der Waals surface area contributed by atoms with E-state index >= 15 is 0 Å². The van der Waals surface area contributed by atoms with Crippen LogP contribution < -0.4 is 0 Å². The summed E-state index contributed by atoms with van der Waals surface area (Å²) in [5, 5.41) is 0. The van der Waals surface area contributed by atoms with Gasteiger partial charge in [-0.2, -0.15) is 0 Å². The van der Waals surface area contributed by atoms with Gasteiger partial charge in [0.2, 0.25) is 5.91 Å². The predicted molar refractivity (Wildman–Crippen MR) is 98.6 cm³/mol. The fourth-order valence-electron chi connectivity index (χ4n) is 4.42. The van der Waals surface area contributed by atoms with Crippen molar-refractivity contribution in [3.63, 3.8) is 0 Å². The van der Waals surface area contributed by atoms with Crippen molar-refractivity contribution in [2.75, 3.05) is 0 Å². The molecule has 0 saturated carbocycles. The van der Waals surface area contributed by atoms with Gasteiger partial charge in [-0.1, -0.05) is 75.4 Å². The van der Waals surface area contributed by atoms with Crippen molar-refractivity contribution in [2.45, 2.75) is 44.8 Å². The van der Waals surface area contributed by atoms with Crippen LogP contribution in [0.5, 0.6) is 0 Å². The van der Waals surface area contributed by atoms with E-state index in [4.69, 9.17) is 4.74 Å². The molecule has 4 heteroatoms. The van der Waals surface area contributed by atoms with Crippen molar-refractivity contribution in [2.24, 2.45) is 5.92 Å². The van der Waals surface area contributed by atoms with Crippen LogP contribution in [-0.2, 0) is 21.4 Å². The summed E-state index contributed by atoms with van der Waals surface area (Å²) in [7, 11) is 0. The number of imide groups is 1. The highest BCUT2D eigenvalue weighted by Gasteiger charge is 2.59. The Morgan fingerprint density at radius 3 is 2.50 bits per heavy atom. The van der Waals surface area contributed by atoms with Gasteiger partial charge in [0.05, 0.1) is 6.04 Å². The summed E-state index contributed by atoms with van der Waals surface area (Å²) >= 11 is 0. The molecule has 1 saturated heterocycles. The summed E-state index contributed by atoms with van der Waals surface area (Å²) in [5.74, 6) is -0.449. The lowest BCUT2D eigenvalue weighted by atomic mass is 9.82. The zero-order valence-electron chi connectivity index (χ0n) is 15.3. The van der Waals surface area contributed by atoms with Crippen molar-refractivity contribution in [3.05, 3.63) is 71.3 Å². The van der Waals surface area contributed by atoms with Gasteiger partial charge in [-0.3, -0.25) is 4.79 Å². The van der Waals surface area contributed by atoms with Crippen LogP contribution in [0.25, 0.3) is 0 Å². The third kappa shape index (κ3) is 2.44. The van der Waals surface area contributed by atoms with Gasteiger partial charge in [-0.25, -0.2) is 9.69 Å². The Bertz CT molecular complexity index is 859. The number of fused-ring (bicyclic) bond motifs is 3. The van der Waals surface area contributed by atoms with Gasteiger partial charge in [0.1, 0.15) is 0 Å². The monoisotopic (exact) mass is 349 g/mol. The minimum absolute atomic E-state index is 0.160. The van der Waals surface area contributed by atoms with Crippen molar-refractivity contribution in [1.82, 2.24) is 4.90 Å². The maximum absolute atomic E-state index is 13.2. The van der Waals surface area contributed by atoms with E-state index in [9.17, 15) is 9.59 Å². The van der Waals surface area contributed by atoms with Gasteiger partial charge in [0.15, 0.2) is 6.10 Å². The molecule has 0 radical (unpaired) electrons. The number of rotatable bonds is 3. The Hall–Kier alpha value is -2.62. The fourth-order valence-corrected chi connectivity index (χ4v) is 4.42. The molecule has 2 aromatic carbocycles. The van der Waals surface area contributed by atoms with Crippen molar-refractivity contribution >= 4 is 12.0 Å². The number of hydrogen-bond acceptors (Lipinski definition) is 3. The van der Waals surface area contributed by atoms with Crippen molar-refractivity contribution < 1.29 is 14.3 Å². The molecule has 4 nitrogen and oxygen atoms in total. The zero-order valence-corrected chi connectivity index (χ0v) is 15.3. The van der Waals surface area contributed by atoms with E-state index in [0.717, 1.165) is 16.7 Å². The first-order chi connectivity index (χ1) is 12.4. The standard InChI is InChI=1S/C22H23NO3/c1-14(13-15-9-5-4-6-10-15)20(24)23-19-18(26-21(23)25)16-11-7-8-12-17(16)22(19,2)3/h4-12,14,18-19H,13H2,1-3H3/t14-,18-,19-/m0/s1. The number of amides is 2. The predicted octanol–water partition coefficient (Wildman–Crippen LogP) is 4.25. The Labute approximate surface area is 153 Å². The second-order valence-electron chi connectivity index (χ2n) is 7.86. The quantitative estimate of drug-likeness (QED) is 0.832. The van der Waals surface area contributed by atoms with Crippen molar-refractivity contribution in [1.29, 1.82) is 0 Å². The van der Waals surface area contributed by atoms with Crippen LogP contribution in [0.4, 0.5) is 4.79 Å². The molecule has 2 amide bonds. The summed E-state index contributed by atoms with van der Waals surface area (Å²) in [6.45, 7) is 6.05. The summed E-state index contributed by atoms with van der Waals surface area (Å²) < 4.78 is 5.65. The molecule has 4 rings (SSSR count). The Balaban J connectivity index is 1.63. The zero-order chi connectivity index (χ0) is 18.5. The lowest BCUT2D eigenvalue weighted by Crippen LogP contribution is -2.49. The van der Waals surface area contributed by atoms with Crippen LogP contribution in [0, 0.1) is 5.92 Å². The van der Waals surface area contributed by atoms with Gasteiger partial charge in [-0.05, 0) is 23.1 Å². The molecule has 2 aromatic rings. The van der Waals surface area contributed by atoms with Crippen LogP contribution >= 0.6 is 0 Å². The van der Waals surface area contributed by atoms with E-state index in [1.807, 2.05) is 55.5 Å². The van der Waals surface area contributed by atoms with Crippen LogP contribution in [0.15, 0.2) is 54.6 Å². The first-order valence-corrected chi connectivity index (χ1v) is 9.08. The van der Waals surface area contributed by atoms with Gasteiger partial charge in [0, 0.05) is 11.3 Å². The molecule has 26 heavy (non-hydrogen) atoms. The highest BCUT2D eigenvalue weighted by Crippen LogP contribution is 2.52. The highest BCUT2D eigenvalue weighted by atomic mass is 16.6. The van der Waals surface area contributed by atoms with Gasteiger partial charge >= 0.3 is 6.09 Å². The number of nitrogens with zero attached hydrogens (tertiary/aromatic N) is 1. The molecule has 1 fully saturated rings. The third-order valence-corrected chi connectivity index (χ3v) is 5.73. The molecule has 0 unspecified atom stereocenters. The maximum Gasteiger partial charge on any atom is 0.417 e. The molecule has 0 bridgehead atoms. The van der Waals surface area contributed by atoms with Crippen LogP contribution in [0.3, 0.4) is 0 Å². The SMILES string of the molecule is C[C@@H](Cc1ccccc1)C(=O)N1C(=O)O[C@H]2c3ccccc3C(C)(C)[C@H]21. The van der Waals surface area contributed by atoms with E-state index in [0.29, 0.717) is 6.42 Å². The van der Waals surface area contributed by atoms with Gasteiger partial charge in [-0.15, -0.1) is 0 Å². The second-order valence-corrected chi connectivity index (χ2v) is 7.86. The first-order valence-electron chi connectivity index (χ1n) is 9.08. The number of ether oxygens (including phenoxy) is 1. The minimum Gasteiger partial charge on any atom is -0.439 e. The molecule has 1 heterocycles. The van der Waals surface area contributed by atoms with Crippen LogP contribution in [-0.4, -0.2) is 22.9 Å². The topological polar surface area (TPSA) is 46.6 Å². The Kier molecular flexibility index (Phi) is 3.87. The molecule has 0 aromatic heterocycles. The summed E-state index contributed by atoms with van der Waals surface area (Å²) in [6.07, 6.45) is -0.289. The van der Waals surface area contributed by atoms with Gasteiger partial charge < -0.3 is 4.74 Å². The lowest BCUT2D eigenvalue weighted by molar-refractivity contribution is -0.133. The smallest absolute Gasteiger partial charge is 0.417 e. The fraction of sp³-hybridized carbons (Fsp3) is 0.364. The van der Waals surface area contributed by atoms with E-state index < -0.39 is 6.09 Å². The Morgan fingerprint density at radius 2 is 1.77 bits per heavy atom. The molecule has 1 aliphatic heterocycles. The molecular formula is C22H23NO3. The summed E-state index contributed by atoms with van der Waals surface area (Å²) in [6, 6.07) is 17.6. The average molecular weight is 349 g/mol. The first kappa shape index (κ1) is 16.8. The molecule has 2 aliphatic rings. The molecule has 0 N–H and O–H groups in total. The second kappa shape index (κ2) is 5.97. The average Bonchev–Trinajstić information content (AvgIpc) is 3.09. The van der Waals surface area contributed by atoms with Gasteiger partial charge in [0.25, 0.3) is 0 Å². The number of hydrogen-bond donors (Lipinski definition) is 0. The number of carbonyl (C=O) groups excluding carboxylic acids is 2. The molecule has 1 aliphatic carbocycles. The summed E-state index contributed by atoms with van der Waals surface area (Å²) in [4.78, 5) is 27.1. The summed E-state index contributed by atoms with van der Waals surface area (Å²) in [5.41, 5.74) is 2.92. The maximum atomic E-state index is 13.2. The van der Waals surface area contributed by atoms with Crippen molar-refractivity contribution in [3.8, 4) is 0 Å². The van der Waals surface area contributed by atoms with E-state index in [1.54, 1.807) is 0 Å². The van der Waals surface area contributed by atoms with Crippen LogP contribution in [0.2, 0.25) is 0 Å². The number of benzene rings is 2. The third-order valence-electron chi connectivity index (χ3n) is 5.73. The minimum atomic E-state index is -0.521. The molecule has 134 valence electrons. The highest BCUT2D eigenvalue weighted by molar-refractivity contribution is 5.95. The van der Waals surface area contributed by atoms with E-state index in [2.05, 4.69) is 19.9 Å². The van der Waals surface area contributed by atoms with E-state index in [-0.39, 0.29) is 29.4 Å². The van der Waals surface area contributed by atoms with Crippen LogP contribution in [0.1, 0.15) is 43.6 Å². The largest absolute Gasteiger partial charge is 0.439 e.